The fourth-order valence-corrected chi connectivity index (χ4v) is 3.29. The number of ether oxygens (including phenoxy) is 1. The molecule has 0 bridgehead atoms. The van der Waals surface area contributed by atoms with E-state index in [1.54, 1.807) is 6.92 Å². The summed E-state index contributed by atoms with van der Waals surface area (Å²) in [4.78, 5) is 59.2. The Morgan fingerprint density at radius 2 is 1.73 bits per heavy atom. The molecule has 2 amide bonds. The third-order valence-corrected chi connectivity index (χ3v) is 4.66. The summed E-state index contributed by atoms with van der Waals surface area (Å²) in [6, 6.07) is 3.05. The Balaban J connectivity index is 2.27. The number of anilines is 1. The topological polar surface area (TPSA) is 138 Å². The van der Waals surface area contributed by atoms with Crippen LogP contribution >= 0.6 is 11.8 Å². The Kier molecular flexibility index (Phi) is 5.98. The average molecular weight is 381 g/mol. The number of carbonyl (C=O) groups excluding carboxylic acids is 3. The van der Waals surface area contributed by atoms with E-state index in [1.807, 2.05) is 0 Å². The highest BCUT2D eigenvalue weighted by molar-refractivity contribution is 8.01. The molecule has 1 fully saturated rings. The molecular formula is C16H15NO8S. The number of nitrogens with zero attached hydrogens (tertiary/aromatic N) is 1. The largest absolute Gasteiger partial charge is 0.478 e. The predicted molar refractivity (Wildman–Crippen MR) is 90.3 cm³/mol. The molecule has 9 nitrogen and oxygen atoms in total. The zero-order valence-corrected chi connectivity index (χ0v) is 14.4. The molecule has 1 aliphatic rings. The number of hydrogen-bond acceptors (Lipinski definition) is 7. The molecule has 2 N–H and O–H groups in total. The van der Waals surface area contributed by atoms with E-state index >= 15 is 0 Å². The SMILES string of the molecule is CCOC(=O)CSC1CC(=O)N(c2cc(C(=O)O)cc(C(=O)O)c2)C1=O. The third kappa shape index (κ3) is 4.20. The highest BCUT2D eigenvalue weighted by Gasteiger charge is 2.40. The number of carbonyl (C=O) groups is 5. The summed E-state index contributed by atoms with van der Waals surface area (Å²) in [6.45, 7) is 1.84. The lowest BCUT2D eigenvalue weighted by atomic mass is 10.1. The van der Waals surface area contributed by atoms with Crippen LogP contribution in [0.1, 0.15) is 34.1 Å². The van der Waals surface area contributed by atoms with Crippen LogP contribution in [0.15, 0.2) is 18.2 Å². The van der Waals surface area contributed by atoms with E-state index in [2.05, 4.69) is 0 Å². The van der Waals surface area contributed by atoms with Crippen LogP contribution in [-0.2, 0) is 19.1 Å². The minimum atomic E-state index is -1.39. The highest BCUT2D eigenvalue weighted by atomic mass is 32.2. The number of carboxylic acid groups (broad SMARTS) is 2. The second-order valence-electron chi connectivity index (χ2n) is 5.26. The first-order valence-corrected chi connectivity index (χ1v) is 8.55. The fraction of sp³-hybridized carbons (Fsp3) is 0.312. The van der Waals surface area contributed by atoms with Crippen molar-refractivity contribution in [1.82, 2.24) is 0 Å². The van der Waals surface area contributed by atoms with E-state index in [0.29, 0.717) is 0 Å². The molecular weight excluding hydrogens is 366 g/mol. The van der Waals surface area contributed by atoms with Crippen molar-refractivity contribution in [3.05, 3.63) is 29.3 Å². The molecule has 0 spiro atoms. The van der Waals surface area contributed by atoms with Crippen LogP contribution in [0.4, 0.5) is 5.69 Å². The summed E-state index contributed by atoms with van der Waals surface area (Å²) in [7, 11) is 0. The van der Waals surface area contributed by atoms with Gasteiger partial charge in [0.2, 0.25) is 11.8 Å². The van der Waals surface area contributed by atoms with Crippen LogP contribution in [0.25, 0.3) is 0 Å². The summed E-state index contributed by atoms with van der Waals surface area (Å²) < 4.78 is 4.76. The Morgan fingerprint density at radius 1 is 1.15 bits per heavy atom. The molecule has 1 aliphatic heterocycles. The van der Waals surface area contributed by atoms with Crippen molar-refractivity contribution in [3.8, 4) is 0 Å². The number of benzene rings is 1. The van der Waals surface area contributed by atoms with Crippen LogP contribution in [0.5, 0.6) is 0 Å². The van der Waals surface area contributed by atoms with Crippen LogP contribution in [0.2, 0.25) is 0 Å². The molecule has 138 valence electrons. The van der Waals surface area contributed by atoms with Crippen molar-refractivity contribution in [1.29, 1.82) is 0 Å². The van der Waals surface area contributed by atoms with Gasteiger partial charge in [0.25, 0.3) is 0 Å². The van der Waals surface area contributed by atoms with Gasteiger partial charge in [-0.05, 0) is 25.1 Å². The Labute approximate surface area is 151 Å². The molecule has 0 radical (unpaired) electrons. The minimum absolute atomic E-state index is 0.110. The van der Waals surface area contributed by atoms with Gasteiger partial charge in [0.15, 0.2) is 0 Å². The molecule has 10 heteroatoms. The van der Waals surface area contributed by atoms with E-state index < -0.39 is 35.0 Å². The van der Waals surface area contributed by atoms with Gasteiger partial charge in [-0.1, -0.05) is 0 Å². The zero-order chi connectivity index (χ0) is 19.4. The van der Waals surface area contributed by atoms with Gasteiger partial charge in [0.05, 0.1) is 34.4 Å². The Bertz CT molecular complexity index is 758. The highest BCUT2D eigenvalue weighted by Crippen LogP contribution is 2.31. The van der Waals surface area contributed by atoms with E-state index in [1.165, 1.54) is 0 Å². The van der Waals surface area contributed by atoms with Gasteiger partial charge in [-0.3, -0.25) is 14.4 Å². The van der Waals surface area contributed by atoms with Gasteiger partial charge in [-0.15, -0.1) is 11.8 Å². The maximum absolute atomic E-state index is 12.5. The minimum Gasteiger partial charge on any atom is -0.478 e. The average Bonchev–Trinajstić information content (AvgIpc) is 2.86. The van der Waals surface area contributed by atoms with Gasteiger partial charge in [-0.2, -0.15) is 0 Å². The lowest BCUT2D eigenvalue weighted by Crippen LogP contribution is -2.31. The number of thioether (sulfide) groups is 1. The number of rotatable bonds is 7. The molecule has 1 saturated heterocycles. The molecule has 1 atom stereocenters. The number of imide groups is 1. The molecule has 0 saturated carbocycles. The second kappa shape index (κ2) is 8.00. The maximum Gasteiger partial charge on any atom is 0.335 e. The quantitative estimate of drug-likeness (QED) is 0.523. The number of amides is 2. The number of esters is 1. The Hall–Kier alpha value is -2.88. The first-order chi connectivity index (χ1) is 12.2. The van der Waals surface area contributed by atoms with Crippen LogP contribution in [0, 0.1) is 0 Å². The summed E-state index contributed by atoms with van der Waals surface area (Å²) >= 11 is 0.944. The summed E-state index contributed by atoms with van der Waals surface area (Å²) in [5.41, 5.74) is -0.845. The number of hydrogen-bond donors (Lipinski definition) is 2. The zero-order valence-electron chi connectivity index (χ0n) is 13.6. The molecule has 1 unspecified atom stereocenters. The standard InChI is InChI=1S/C16H15NO8S/c1-2-25-13(19)7-26-11-6-12(18)17(14(11)20)10-4-8(15(21)22)3-9(5-10)16(23)24/h3-5,11H,2,6-7H2,1H3,(H,21,22)(H,23,24). The van der Waals surface area contributed by atoms with Crippen molar-refractivity contribution in [3.63, 3.8) is 0 Å². The summed E-state index contributed by atoms with van der Waals surface area (Å²) in [5.74, 6) is -4.64. The van der Waals surface area contributed by atoms with E-state index in [9.17, 15) is 24.0 Å². The number of carboxylic acids is 2. The molecule has 1 heterocycles. The van der Waals surface area contributed by atoms with Crippen LogP contribution in [-0.4, -0.2) is 57.5 Å². The lowest BCUT2D eigenvalue weighted by molar-refractivity contribution is -0.139. The van der Waals surface area contributed by atoms with Crippen molar-refractivity contribution in [2.24, 2.45) is 0 Å². The van der Waals surface area contributed by atoms with Crippen molar-refractivity contribution < 1.29 is 38.9 Å². The second-order valence-corrected chi connectivity index (χ2v) is 6.45. The van der Waals surface area contributed by atoms with Crippen molar-refractivity contribution in [2.45, 2.75) is 18.6 Å². The van der Waals surface area contributed by atoms with E-state index in [4.69, 9.17) is 14.9 Å². The van der Waals surface area contributed by atoms with E-state index in [0.717, 1.165) is 34.9 Å². The smallest absolute Gasteiger partial charge is 0.335 e. The van der Waals surface area contributed by atoms with Crippen LogP contribution in [0.3, 0.4) is 0 Å². The molecule has 2 rings (SSSR count). The first-order valence-electron chi connectivity index (χ1n) is 7.50. The fourth-order valence-electron chi connectivity index (χ4n) is 2.36. The van der Waals surface area contributed by atoms with Gasteiger partial charge in [0.1, 0.15) is 0 Å². The van der Waals surface area contributed by atoms with Crippen molar-refractivity contribution in [2.75, 3.05) is 17.3 Å². The predicted octanol–water partition coefficient (Wildman–Crippen LogP) is 1.01. The van der Waals surface area contributed by atoms with Crippen LogP contribution < -0.4 is 4.90 Å². The molecule has 1 aromatic rings. The molecule has 26 heavy (non-hydrogen) atoms. The maximum atomic E-state index is 12.5. The molecule has 0 aliphatic carbocycles. The molecule has 1 aromatic carbocycles. The number of aromatic carboxylic acids is 2. The lowest BCUT2D eigenvalue weighted by Gasteiger charge is -2.16. The normalized spacial score (nSPS) is 16.7. The van der Waals surface area contributed by atoms with E-state index in [-0.39, 0.29) is 35.6 Å². The van der Waals surface area contributed by atoms with Gasteiger partial charge in [-0.25, -0.2) is 14.5 Å². The van der Waals surface area contributed by atoms with Crippen molar-refractivity contribution >= 4 is 47.2 Å². The summed E-state index contributed by atoms with van der Waals surface area (Å²) in [6.07, 6.45) is -0.178. The monoisotopic (exact) mass is 381 g/mol. The van der Waals surface area contributed by atoms with Gasteiger partial charge in [0, 0.05) is 6.42 Å². The molecule has 0 aromatic heterocycles. The first kappa shape index (κ1) is 19.4. The Morgan fingerprint density at radius 3 is 2.23 bits per heavy atom. The summed E-state index contributed by atoms with van der Waals surface area (Å²) in [5, 5.41) is 17.4. The third-order valence-electron chi connectivity index (χ3n) is 3.48. The van der Waals surface area contributed by atoms with Gasteiger partial charge >= 0.3 is 17.9 Å². The van der Waals surface area contributed by atoms with Gasteiger partial charge < -0.3 is 14.9 Å².